The van der Waals surface area contributed by atoms with Crippen LogP contribution in [0.5, 0.6) is 11.5 Å². The number of carbonyl (C=O) groups excluding carboxylic acids is 2. The maximum Gasteiger partial charge on any atom is 0.338 e. The molecular weight excluding hydrogens is 420 g/mol. The minimum absolute atomic E-state index is 0.231. The first-order valence-corrected chi connectivity index (χ1v) is 10.4. The maximum atomic E-state index is 12.5. The fourth-order valence-electron chi connectivity index (χ4n) is 3.29. The van der Waals surface area contributed by atoms with Crippen LogP contribution >= 0.6 is 11.6 Å². The van der Waals surface area contributed by atoms with Crippen molar-refractivity contribution in [1.29, 1.82) is 0 Å². The van der Waals surface area contributed by atoms with Gasteiger partial charge >= 0.3 is 12.0 Å². The van der Waals surface area contributed by atoms with Crippen LogP contribution in [0.1, 0.15) is 37.9 Å². The molecule has 0 unspecified atom stereocenters. The van der Waals surface area contributed by atoms with Crippen molar-refractivity contribution in [2.24, 2.45) is 0 Å². The minimum atomic E-state index is -0.676. The molecule has 0 bridgehead atoms. The SMILES string of the molecule is CCOC(=O)C1=C(C)NC(=O)N[C@@H]1c1ccc(OCc2ccccc2Cl)c(OCC)c1. The summed E-state index contributed by atoms with van der Waals surface area (Å²) in [6.45, 7) is 6.19. The van der Waals surface area contributed by atoms with Gasteiger partial charge in [-0.3, -0.25) is 0 Å². The first-order chi connectivity index (χ1) is 14.9. The van der Waals surface area contributed by atoms with Gasteiger partial charge in [0.15, 0.2) is 11.5 Å². The molecule has 0 aliphatic carbocycles. The van der Waals surface area contributed by atoms with Crippen LogP contribution in [0, 0.1) is 0 Å². The van der Waals surface area contributed by atoms with Crippen molar-refractivity contribution in [3.8, 4) is 11.5 Å². The van der Waals surface area contributed by atoms with Gasteiger partial charge in [0.25, 0.3) is 0 Å². The first kappa shape index (κ1) is 22.5. The Labute approximate surface area is 186 Å². The lowest BCUT2D eigenvalue weighted by molar-refractivity contribution is -0.139. The Kier molecular flexibility index (Phi) is 7.41. The van der Waals surface area contributed by atoms with Crippen LogP contribution in [0.2, 0.25) is 5.02 Å². The number of hydrogen-bond donors (Lipinski definition) is 2. The van der Waals surface area contributed by atoms with Crippen LogP contribution in [-0.4, -0.2) is 25.2 Å². The average molecular weight is 445 g/mol. The molecule has 2 amide bonds. The number of nitrogens with one attached hydrogen (secondary N) is 2. The quantitative estimate of drug-likeness (QED) is 0.585. The first-order valence-electron chi connectivity index (χ1n) is 10.0. The van der Waals surface area contributed by atoms with Gasteiger partial charge in [-0.25, -0.2) is 9.59 Å². The van der Waals surface area contributed by atoms with Crippen molar-refractivity contribution in [3.05, 3.63) is 69.9 Å². The lowest BCUT2D eigenvalue weighted by Gasteiger charge is -2.28. The molecule has 7 nitrogen and oxygen atoms in total. The Morgan fingerprint density at radius 2 is 1.84 bits per heavy atom. The Balaban J connectivity index is 1.91. The summed E-state index contributed by atoms with van der Waals surface area (Å²) in [5.41, 5.74) is 2.31. The number of benzene rings is 2. The number of allylic oxidation sites excluding steroid dienone is 1. The molecule has 1 atom stereocenters. The van der Waals surface area contributed by atoms with Crippen molar-refractivity contribution in [3.63, 3.8) is 0 Å². The van der Waals surface area contributed by atoms with Crippen LogP contribution < -0.4 is 20.1 Å². The van der Waals surface area contributed by atoms with Gasteiger partial charge in [0, 0.05) is 16.3 Å². The number of amides is 2. The summed E-state index contributed by atoms with van der Waals surface area (Å²) in [6, 6.07) is 11.7. The van der Waals surface area contributed by atoms with E-state index in [1.165, 1.54) is 0 Å². The number of halogens is 1. The number of carbonyl (C=O) groups is 2. The van der Waals surface area contributed by atoms with E-state index in [9.17, 15) is 9.59 Å². The molecule has 0 radical (unpaired) electrons. The molecule has 0 aromatic heterocycles. The predicted molar refractivity (Wildman–Crippen MR) is 117 cm³/mol. The van der Waals surface area contributed by atoms with Gasteiger partial charge in [0.2, 0.25) is 0 Å². The van der Waals surface area contributed by atoms with Crippen molar-refractivity contribution in [2.45, 2.75) is 33.4 Å². The zero-order valence-electron chi connectivity index (χ0n) is 17.7. The largest absolute Gasteiger partial charge is 0.490 e. The van der Waals surface area contributed by atoms with E-state index >= 15 is 0 Å². The molecule has 164 valence electrons. The van der Waals surface area contributed by atoms with Gasteiger partial charge in [-0.2, -0.15) is 0 Å². The summed E-state index contributed by atoms with van der Waals surface area (Å²) < 4.78 is 16.9. The number of esters is 1. The lowest BCUT2D eigenvalue weighted by atomic mass is 9.95. The molecule has 0 spiro atoms. The molecule has 1 aliphatic rings. The fraction of sp³-hybridized carbons (Fsp3) is 0.304. The molecule has 2 N–H and O–H groups in total. The number of hydrogen-bond acceptors (Lipinski definition) is 5. The lowest BCUT2D eigenvalue weighted by Crippen LogP contribution is -2.45. The molecule has 2 aromatic carbocycles. The molecular formula is C23H25ClN2O5. The molecule has 0 saturated heterocycles. The molecule has 2 aromatic rings. The highest BCUT2D eigenvalue weighted by molar-refractivity contribution is 6.31. The van der Waals surface area contributed by atoms with Crippen LogP contribution in [0.3, 0.4) is 0 Å². The highest BCUT2D eigenvalue weighted by Gasteiger charge is 2.32. The summed E-state index contributed by atoms with van der Waals surface area (Å²) in [7, 11) is 0. The van der Waals surface area contributed by atoms with Crippen LogP contribution in [0.25, 0.3) is 0 Å². The third-order valence-corrected chi connectivity index (χ3v) is 5.08. The summed E-state index contributed by atoms with van der Waals surface area (Å²) in [6.07, 6.45) is 0. The van der Waals surface area contributed by atoms with E-state index in [0.717, 1.165) is 5.56 Å². The van der Waals surface area contributed by atoms with Crippen molar-refractivity contribution in [1.82, 2.24) is 10.6 Å². The standard InChI is InChI=1S/C23H25ClN2O5/c1-4-29-19-12-15(10-11-18(19)31-13-16-8-6-7-9-17(16)24)21-20(22(27)30-5-2)14(3)25-23(28)26-21/h6-12,21H,4-5,13H2,1-3H3,(H2,25,26,28)/t21-/m1/s1. The fourth-order valence-corrected chi connectivity index (χ4v) is 3.48. The molecule has 1 heterocycles. The predicted octanol–water partition coefficient (Wildman–Crippen LogP) is 4.51. The van der Waals surface area contributed by atoms with Crippen LogP contribution in [0.15, 0.2) is 53.7 Å². The van der Waals surface area contributed by atoms with Crippen LogP contribution in [-0.2, 0) is 16.1 Å². The van der Waals surface area contributed by atoms with Crippen LogP contribution in [0.4, 0.5) is 4.79 Å². The summed E-state index contributed by atoms with van der Waals surface area (Å²) in [5.74, 6) is 0.541. The molecule has 8 heteroatoms. The van der Waals surface area contributed by atoms with Gasteiger partial charge in [0.1, 0.15) is 6.61 Å². The van der Waals surface area contributed by atoms with E-state index < -0.39 is 18.0 Å². The highest BCUT2D eigenvalue weighted by Crippen LogP contribution is 2.35. The van der Waals surface area contributed by atoms with Gasteiger partial charge in [-0.05, 0) is 44.5 Å². The van der Waals surface area contributed by atoms with E-state index in [1.807, 2.05) is 25.1 Å². The van der Waals surface area contributed by atoms with E-state index in [-0.39, 0.29) is 13.2 Å². The number of ether oxygens (including phenoxy) is 3. The summed E-state index contributed by atoms with van der Waals surface area (Å²) >= 11 is 6.21. The zero-order chi connectivity index (χ0) is 22.4. The maximum absolute atomic E-state index is 12.5. The summed E-state index contributed by atoms with van der Waals surface area (Å²) in [5, 5.41) is 6.03. The van der Waals surface area contributed by atoms with Gasteiger partial charge in [-0.15, -0.1) is 0 Å². The third-order valence-electron chi connectivity index (χ3n) is 4.71. The van der Waals surface area contributed by atoms with Gasteiger partial charge < -0.3 is 24.8 Å². The molecule has 0 fully saturated rings. The van der Waals surface area contributed by atoms with E-state index in [1.54, 1.807) is 38.1 Å². The van der Waals surface area contributed by atoms with E-state index in [0.29, 0.717) is 40.0 Å². The second-order valence-electron chi connectivity index (χ2n) is 6.81. The number of rotatable bonds is 8. The van der Waals surface area contributed by atoms with Gasteiger partial charge in [-0.1, -0.05) is 35.9 Å². The Hall–Kier alpha value is -3.19. The average Bonchev–Trinajstić information content (AvgIpc) is 2.73. The summed E-state index contributed by atoms with van der Waals surface area (Å²) in [4.78, 5) is 24.6. The van der Waals surface area contributed by atoms with E-state index in [2.05, 4.69) is 10.6 Å². The zero-order valence-corrected chi connectivity index (χ0v) is 18.4. The van der Waals surface area contributed by atoms with Crippen molar-refractivity contribution < 1.29 is 23.8 Å². The number of urea groups is 1. The molecule has 0 saturated carbocycles. The highest BCUT2D eigenvalue weighted by atomic mass is 35.5. The molecule has 3 rings (SSSR count). The van der Waals surface area contributed by atoms with Gasteiger partial charge in [0.05, 0.1) is 24.8 Å². The Morgan fingerprint density at radius 1 is 1.06 bits per heavy atom. The Morgan fingerprint density at radius 3 is 2.55 bits per heavy atom. The normalized spacial score (nSPS) is 15.7. The second-order valence-corrected chi connectivity index (χ2v) is 7.22. The topological polar surface area (TPSA) is 85.9 Å². The van der Waals surface area contributed by atoms with Crippen molar-refractivity contribution in [2.75, 3.05) is 13.2 Å². The monoisotopic (exact) mass is 444 g/mol. The second kappa shape index (κ2) is 10.2. The molecule has 1 aliphatic heterocycles. The minimum Gasteiger partial charge on any atom is -0.490 e. The Bertz CT molecular complexity index is 1010. The van der Waals surface area contributed by atoms with Crippen molar-refractivity contribution >= 4 is 23.6 Å². The van der Waals surface area contributed by atoms with E-state index in [4.69, 9.17) is 25.8 Å². The smallest absolute Gasteiger partial charge is 0.338 e. The molecule has 31 heavy (non-hydrogen) atoms. The third kappa shape index (κ3) is 5.30.